The summed E-state index contributed by atoms with van der Waals surface area (Å²) in [5, 5.41) is 3.23. The van der Waals surface area contributed by atoms with Crippen LogP contribution in [0, 0.1) is 5.92 Å². The second kappa shape index (κ2) is 6.99. The number of carbonyl (C=O) groups excluding carboxylic acids is 1. The maximum absolute atomic E-state index is 12.9. The molecular formula is C23H24N2O3. The molecule has 3 aliphatic heterocycles. The molecule has 3 saturated heterocycles. The van der Waals surface area contributed by atoms with Gasteiger partial charge in [0.2, 0.25) is 0 Å². The van der Waals surface area contributed by atoms with E-state index in [1.165, 1.54) is 0 Å². The molecule has 28 heavy (non-hydrogen) atoms. The summed E-state index contributed by atoms with van der Waals surface area (Å²) in [6.07, 6.45) is 3.98. The summed E-state index contributed by atoms with van der Waals surface area (Å²) >= 11 is 0. The fraction of sp³-hybridized carbons (Fsp3) is 0.348. The quantitative estimate of drug-likeness (QED) is 0.732. The van der Waals surface area contributed by atoms with Crippen LogP contribution in [0.3, 0.4) is 0 Å². The fourth-order valence-corrected chi connectivity index (χ4v) is 4.72. The van der Waals surface area contributed by atoms with Crippen LogP contribution in [0.1, 0.15) is 30.3 Å². The standard InChI is InChI=1S/C23H24N2O3/c1-15-22(16-10-12-25(15)13-11-16)24-23(26)21-9-8-20(28-21)18-6-3-2-5-17(18)19-7-4-14-27-19/h2-9,14-16,22H,10-13H2,1H3,(H,24,26). The predicted octanol–water partition coefficient (Wildman–Crippen LogP) is 4.42. The number of piperidine rings is 3. The minimum absolute atomic E-state index is 0.132. The lowest BCUT2D eigenvalue weighted by molar-refractivity contribution is 0.0211. The number of amides is 1. The van der Waals surface area contributed by atoms with Crippen molar-refractivity contribution in [1.29, 1.82) is 0 Å². The highest BCUT2D eigenvalue weighted by Gasteiger charge is 2.40. The van der Waals surface area contributed by atoms with E-state index in [1.54, 1.807) is 12.3 Å². The first-order valence-corrected chi connectivity index (χ1v) is 9.99. The highest BCUT2D eigenvalue weighted by Crippen LogP contribution is 2.34. The Morgan fingerprint density at radius 2 is 1.75 bits per heavy atom. The van der Waals surface area contributed by atoms with Crippen molar-refractivity contribution < 1.29 is 13.6 Å². The molecular weight excluding hydrogens is 352 g/mol. The summed E-state index contributed by atoms with van der Waals surface area (Å²) in [6, 6.07) is 15.9. The van der Waals surface area contributed by atoms with E-state index in [4.69, 9.17) is 8.83 Å². The summed E-state index contributed by atoms with van der Waals surface area (Å²) in [4.78, 5) is 15.3. The van der Waals surface area contributed by atoms with Crippen molar-refractivity contribution in [1.82, 2.24) is 10.2 Å². The highest BCUT2D eigenvalue weighted by atomic mass is 16.4. The van der Waals surface area contributed by atoms with Crippen LogP contribution in [0.2, 0.25) is 0 Å². The number of nitrogens with zero attached hydrogens (tertiary/aromatic N) is 1. The number of nitrogens with one attached hydrogen (secondary N) is 1. The van der Waals surface area contributed by atoms with Crippen molar-refractivity contribution in [3.63, 3.8) is 0 Å². The van der Waals surface area contributed by atoms with Gasteiger partial charge in [0.05, 0.1) is 6.26 Å². The molecule has 2 atom stereocenters. The molecule has 5 nitrogen and oxygen atoms in total. The van der Waals surface area contributed by atoms with Crippen LogP contribution < -0.4 is 5.32 Å². The molecule has 2 aromatic heterocycles. The Labute approximate surface area is 164 Å². The monoisotopic (exact) mass is 376 g/mol. The van der Waals surface area contributed by atoms with E-state index in [0.29, 0.717) is 23.5 Å². The van der Waals surface area contributed by atoms with Gasteiger partial charge < -0.3 is 14.2 Å². The fourth-order valence-electron chi connectivity index (χ4n) is 4.72. The van der Waals surface area contributed by atoms with Crippen molar-refractivity contribution in [3.8, 4) is 22.6 Å². The van der Waals surface area contributed by atoms with E-state index in [-0.39, 0.29) is 11.9 Å². The van der Waals surface area contributed by atoms with Gasteiger partial charge in [-0.3, -0.25) is 9.69 Å². The maximum atomic E-state index is 12.9. The molecule has 1 aromatic carbocycles. The summed E-state index contributed by atoms with van der Waals surface area (Å²) in [6.45, 7) is 4.50. The third-order valence-corrected chi connectivity index (χ3v) is 6.28. The van der Waals surface area contributed by atoms with Gasteiger partial charge in [-0.1, -0.05) is 24.3 Å². The van der Waals surface area contributed by atoms with Gasteiger partial charge in [0.15, 0.2) is 5.76 Å². The number of hydrogen-bond donors (Lipinski definition) is 1. The number of fused-ring (bicyclic) bond motifs is 3. The van der Waals surface area contributed by atoms with Gasteiger partial charge >= 0.3 is 0 Å². The molecule has 2 unspecified atom stereocenters. The van der Waals surface area contributed by atoms with Crippen LogP contribution in [0.4, 0.5) is 0 Å². The largest absolute Gasteiger partial charge is 0.464 e. The zero-order valence-corrected chi connectivity index (χ0v) is 15.9. The first-order chi connectivity index (χ1) is 13.7. The molecule has 3 aliphatic rings. The lowest BCUT2D eigenvalue weighted by Gasteiger charge is -2.49. The van der Waals surface area contributed by atoms with Crippen molar-refractivity contribution in [2.75, 3.05) is 13.1 Å². The van der Waals surface area contributed by atoms with Crippen LogP contribution in [0.15, 0.2) is 63.6 Å². The van der Waals surface area contributed by atoms with E-state index >= 15 is 0 Å². The Morgan fingerprint density at radius 1 is 1.00 bits per heavy atom. The third kappa shape index (κ3) is 2.96. The van der Waals surface area contributed by atoms with E-state index in [9.17, 15) is 4.79 Å². The van der Waals surface area contributed by atoms with Crippen molar-refractivity contribution in [2.45, 2.75) is 31.8 Å². The highest BCUT2D eigenvalue weighted by molar-refractivity contribution is 5.92. The second-order valence-corrected chi connectivity index (χ2v) is 7.80. The van der Waals surface area contributed by atoms with Crippen LogP contribution >= 0.6 is 0 Å². The Balaban J connectivity index is 1.38. The van der Waals surface area contributed by atoms with Crippen LogP contribution in [0.5, 0.6) is 0 Å². The number of furan rings is 2. The Morgan fingerprint density at radius 3 is 2.43 bits per heavy atom. The van der Waals surface area contributed by atoms with Gasteiger partial charge in [-0.15, -0.1) is 0 Å². The molecule has 3 aromatic rings. The van der Waals surface area contributed by atoms with Gasteiger partial charge in [-0.05, 0) is 63.0 Å². The molecule has 1 amide bonds. The van der Waals surface area contributed by atoms with Crippen LogP contribution in [-0.2, 0) is 0 Å². The van der Waals surface area contributed by atoms with Crippen LogP contribution in [-0.4, -0.2) is 36.0 Å². The summed E-state index contributed by atoms with van der Waals surface area (Å²) in [5.74, 6) is 2.23. The molecule has 144 valence electrons. The summed E-state index contributed by atoms with van der Waals surface area (Å²) in [7, 11) is 0. The van der Waals surface area contributed by atoms with E-state index < -0.39 is 0 Å². The maximum Gasteiger partial charge on any atom is 0.287 e. The average molecular weight is 376 g/mol. The van der Waals surface area contributed by atoms with Crippen molar-refractivity contribution >= 4 is 5.91 Å². The molecule has 0 saturated carbocycles. The van der Waals surface area contributed by atoms with Crippen molar-refractivity contribution in [3.05, 3.63) is 60.6 Å². The predicted molar refractivity (Wildman–Crippen MR) is 107 cm³/mol. The van der Waals surface area contributed by atoms with E-state index in [2.05, 4.69) is 17.1 Å². The summed E-state index contributed by atoms with van der Waals surface area (Å²) < 4.78 is 11.5. The molecule has 6 rings (SSSR count). The van der Waals surface area contributed by atoms with Gasteiger partial charge in [0.1, 0.15) is 11.5 Å². The molecule has 2 bridgehead atoms. The van der Waals surface area contributed by atoms with Crippen molar-refractivity contribution in [2.24, 2.45) is 5.92 Å². The molecule has 3 fully saturated rings. The molecule has 1 N–H and O–H groups in total. The molecule has 0 spiro atoms. The molecule has 0 aliphatic carbocycles. The zero-order chi connectivity index (χ0) is 19.1. The number of benzene rings is 1. The normalized spacial score (nSPS) is 26.3. The first-order valence-electron chi connectivity index (χ1n) is 9.99. The van der Waals surface area contributed by atoms with Gasteiger partial charge in [0, 0.05) is 23.2 Å². The van der Waals surface area contributed by atoms with Gasteiger partial charge in [0.25, 0.3) is 5.91 Å². The molecule has 5 heteroatoms. The molecule has 5 heterocycles. The lowest BCUT2D eigenvalue weighted by atomic mass is 9.79. The SMILES string of the molecule is CC1C(NC(=O)c2ccc(-c3ccccc3-c3ccco3)o2)C2CCN1CC2. The number of rotatable bonds is 4. The second-order valence-electron chi connectivity index (χ2n) is 7.80. The number of hydrogen-bond acceptors (Lipinski definition) is 4. The third-order valence-electron chi connectivity index (χ3n) is 6.28. The molecule has 0 radical (unpaired) electrons. The number of carbonyl (C=O) groups is 1. The van der Waals surface area contributed by atoms with Gasteiger partial charge in [-0.25, -0.2) is 0 Å². The Hall–Kier alpha value is -2.79. The minimum Gasteiger partial charge on any atom is -0.464 e. The Bertz CT molecular complexity index is 965. The minimum atomic E-state index is -0.132. The topological polar surface area (TPSA) is 58.6 Å². The van der Waals surface area contributed by atoms with E-state index in [1.807, 2.05) is 42.5 Å². The lowest BCUT2D eigenvalue weighted by Crippen LogP contribution is -2.62. The zero-order valence-electron chi connectivity index (χ0n) is 15.9. The Kier molecular flexibility index (Phi) is 4.32. The average Bonchev–Trinajstić information content (AvgIpc) is 3.43. The van der Waals surface area contributed by atoms with Gasteiger partial charge in [-0.2, -0.15) is 0 Å². The summed E-state index contributed by atoms with van der Waals surface area (Å²) in [5.41, 5.74) is 1.85. The van der Waals surface area contributed by atoms with Crippen LogP contribution in [0.25, 0.3) is 22.6 Å². The smallest absolute Gasteiger partial charge is 0.287 e. The first kappa shape index (κ1) is 17.3. The van der Waals surface area contributed by atoms with E-state index in [0.717, 1.165) is 42.8 Å².